The highest BCUT2D eigenvalue weighted by Crippen LogP contribution is 2.18. The molecule has 5 heteroatoms. The van der Waals surface area contributed by atoms with Gasteiger partial charge < -0.3 is 15.0 Å². The summed E-state index contributed by atoms with van der Waals surface area (Å²) in [7, 11) is 0. The summed E-state index contributed by atoms with van der Waals surface area (Å²) < 4.78 is 4.94. The van der Waals surface area contributed by atoms with Crippen LogP contribution in [0.3, 0.4) is 0 Å². The minimum atomic E-state index is -0.429. The maximum absolute atomic E-state index is 12.0. The molecule has 0 aliphatic carbocycles. The van der Waals surface area contributed by atoms with E-state index >= 15 is 0 Å². The van der Waals surface area contributed by atoms with Crippen LogP contribution in [-0.2, 0) is 4.74 Å². The number of hydrogen-bond acceptors (Lipinski definition) is 3. The molecular formula is C13H20N2O3. The van der Waals surface area contributed by atoms with Crippen molar-refractivity contribution in [1.29, 1.82) is 0 Å². The molecule has 1 aromatic rings. The lowest BCUT2D eigenvalue weighted by Crippen LogP contribution is -2.30. The summed E-state index contributed by atoms with van der Waals surface area (Å²) >= 11 is 0. The molecule has 2 N–H and O–H groups in total. The monoisotopic (exact) mass is 252 g/mol. The minimum absolute atomic E-state index is 0.0530. The molecule has 1 heterocycles. The molecule has 100 valence electrons. The maximum atomic E-state index is 12.0. The highest BCUT2D eigenvalue weighted by Gasteiger charge is 2.22. The van der Waals surface area contributed by atoms with Gasteiger partial charge in [-0.3, -0.25) is 4.79 Å². The second kappa shape index (κ2) is 5.71. The number of aromatic nitrogens is 1. The Balaban J connectivity index is 3.08. The third-order valence-corrected chi connectivity index (χ3v) is 2.56. The molecular weight excluding hydrogens is 232 g/mol. The fourth-order valence-electron chi connectivity index (χ4n) is 1.83. The average molecular weight is 252 g/mol. The largest absolute Gasteiger partial charge is 0.461 e. The van der Waals surface area contributed by atoms with E-state index in [0.29, 0.717) is 29.1 Å². The highest BCUT2D eigenvalue weighted by molar-refractivity contribution is 6.01. The molecule has 1 aromatic heterocycles. The Morgan fingerprint density at radius 1 is 1.33 bits per heavy atom. The molecule has 0 aliphatic rings. The number of carbonyl (C=O) groups is 2. The molecule has 0 fully saturated rings. The van der Waals surface area contributed by atoms with Crippen LogP contribution in [0.1, 0.15) is 52.9 Å². The first-order valence-corrected chi connectivity index (χ1v) is 6.05. The molecule has 18 heavy (non-hydrogen) atoms. The van der Waals surface area contributed by atoms with Crippen LogP contribution in [0.15, 0.2) is 0 Å². The molecule has 0 saturated heterocycles. The lowest BCUT2D eigenvalue weighted by Gasteiger charge is -2.08. The Bertz CT molecular complexity index is 461. The van der Waals surface area contributed by atoms with Crippen LogP contribution in [0.25, 0.3) is 0 Å². The summed E-state index contributed by atoms with van der Waals surface area (Å²) in [5, 5.41) is 2.81. The molecule has 0 unspecified atom stereocenters. The van der Waals surface area contributed by atoms with Gasteiger partial charge in [0.2, 0.25) is 0 Å². The Morgan fingerprint density at radius 2 is 1.94 bits per heavy atom. The van der Waals surface area contributed by atoms with Gasteiger partial charge in [-0.05, 0) is 40.2 Å². The van der Waals surface area contributed by atoms with Crippen LogP contribution in [0, 0.1) is 13.8 Å². The second-order valence-electron chi connectivity index (χ2n) is 4.47. The van der Waals surface area contributed by atoms with Gasteiger partial charge in [-0.25, -0.2) is 4.79 Å². The topological polar surface area (TPSA) is 71.2 Å². The van der Waals surface area contributed by atoms with Crippen LogP contribution < -0.4 is 5.32 Å². The molecule has 0 spiro atoms. The number of rotatable bonds is 4. The second-order valence-corrected chi connectivity index (χ2v) is 4.47. The van der Waals surface area contributed by atoms with Gasteiger partial charge in [0.1, 0.15) is 5.69 Å². The first-order chi connectivity index (χ1) is 8.38. The van der Waals surface area contributed by atoms with Gasteiger partial charge >= 0.3 is 5.97 Å². The first kappa shape index (κ1) is 14.3. The quantitative estimate of drug-likeness (QED) is 0.804. The van der Waals surface area contributed by atoms with Crippen molar-refractivity contribution in [2.24, 2.45) is 0 Å². The standard InChI is InChI=1S/C13H20N2O3/c1-6-18-13(17)11-8(4)10(9(5)15-11)12(16)14-7(2)3/h7,15H,6H2,1-5H3,(H,14,16). The first-order valence-electron chi connectivity index (χ1n) is 6.05. The fraction of sp³-hybridized carbons (Fsp3) is 0.538. The van der Waals surface area contributed by atoms with E-state index in [4.69, 9.17) is 4.74 Å². The van der Waals surface area contributed by atoms with Gasteiger partial charge in [-0.1, -0.05) is 0 Å². The van der Waals surface area contributed by atoms with Crippen LogP contribution in [-0.4, -0.2) is 29.5 Å². The molecule has 0 aliphatic heterocycles. The van der Waals surface area contributed by atoms with Crippen LogP contribution in [0.4, 0.5) is 0 Å². The van der Waals surface area contributed by atoms with Crippen molar-refractivity contribution < 1.29 is 14.3 Å². The molecule has 5 nitrogen and oxygen atoms in total. The van der Waals surface area contributed by atoms with Gasteiger partial charge in [-0.2, -0.15) is 0 Å². The normalized spacial score (nSPS) is 10.6. The van der Waals surface area contributed by atoms with Crippen molar-refractivity contribution in [3.8, 4) is 0 Å². The van der Waals surface area contributed by atoms with Gasteiger partial charge in [0, 0.05) is 11.7 Å². The van der Waals surface area contributed by atoms with Gasteiger partial charge in [0.15, 0.2) is 0 Å². The minimum Gasteiger partial charge on any atom is -0.461 e. The summed E-state index contributed by atoms with van der Waals surface area (Å²) in [5.41, 5.74) is 2.17. The van der Waals surface area contributed by atoms with Crippen molar-refractivity contribution in [3.63, 3.8) is 0 Å². The fourth-order valence-corrected chi connectivity index (χ4v) is 1.83. The zero-order valence-electron chi connectivity index (χ0n) is 11.5. The summed E-state index contributed by atoms with van der Waals surface area (Å²) in [5.74, 6) is -0.603. The molecule has 0 aromatic carbocycles. The number of ether oxygens (including phenoxy) is 1. The van der Waals surface area contributed by atoms with E-state index in [1.54, 1.807) is 20.8 Å². The van der Waals surface area contributed by atoms with E-state index in [1.165, 1.54) is 0 Å². The molecule has 0 radical (unpaired) electrons. The van der Waals surface area contributed by atoms with Crippen molar-refractivity contribution in [1.82, 2.24) is 10.3 Å². The Labute approximate surface area is 107 Å². The summed E-state index contributed by atoms with van der Waals surface area (Å²) in [6.45, 7) is 9.35. The Hall–Kier alpha value is -1.78. The van der Waals surface area contributed by atoms with E-state index in [9.17, 15) is 9.59 Å². The molecule has 0 atom stereocenters. The van der Waals surface area contributed by atoms with Gasteiger partial charge in [-0.15, -0.1) is 0 Å². The number of aromatic amines is 1. The number of H-pyrrole nitrogens is 1. The number of hydrogen-bond donors (Lipinski definition) is 2. The van der Waals surface area contributed by atoms with Crippen molar-refractivity contribution in [2.45, 2.75) is 40.7 Å². The van der Waals surface area contributed by atoms with E-state index in [-0.39, 0.29) is 11.9 Å². The Morgan fingerprint density at radius 3 is 2.44 bits per heavy atom. The maximum Gasteiger partial charge on any atom is 0.355 e. The van der Waals surface area contributed by atoms with E-state index in [0.717, 1.165) is 0 Å². The number of amides is 1. The van der Waals surface area contributed by atoms with E-state index < -0.39 is 5.97 Å². The Kier molecular flexibility index (Phi) is 4.53. The zero-order valence-corrected chi connectivity index (χ0v) is 11.5. The lowest BCUT2D eigenvalue weighted by molar-refractivity contribution is 0.0519. The van der Waals surface area contributed by atoms with Crippen molar-refractivity contribution in [3.05, 3.63) is 22.5 Å². The zero-order chi connectivity index (χ0) is 13.9. The van der Waals surface area contributed by atoms with Crippen LogP contribution in [0.2, 0.25) is 0 Å². The SMILES string of the molecule is CCOC(=O)c1[nH]c(C)c(C(=O)NC(C)C)c1C. The predicted octanol–water partition coefficient (Wildman–Crippen LogP) is 1.95. The van der Waals surface area contributed by atoms with Crippen LogP contribution >= 0.6 is 0 Å². The third kappa shape index (κ3) is 2.91. The van der Waals surface area contributed by atoms with E-state index in [2.05, 4.69) is 10.3 Å². The number of esters is 1. The van der Waals surface area contributed by atoms with E-state index in [1.807, 2.05) is 13.8 Å². The summed E-state index contributed by atoms with van der Waals surface area (Å²) in [4.78, 5) is 26.6. The van der Waals surface area contributed by atoms with Crippen molar-refractivity contribution >= 4 is 11.9 Å². The molecule has 0 saturated carbocycles. The third-order valence-electron chi connectivity index (χ3n) is 2.56. The highest BCUT2D eigenvalue weighted by atomic mass is 16.5. The lowest BCUT2D eigenvalue weighted by atomic mass is 10.1. The summed E-state index contributed by atoms with van der Waals surface area (Å²) in [6, 6.07) is 0.0530. The number of aryl methyl sites for hydroxylation is 1. The van der Waals surface area contributed by atoms with Crippen LogP contribution in [0.5, 0.6) is 0 Å². The number of nitrogens with one attached hydrogen (secondary N) is 2. The molecule has 1 rings (SSSR count). The smallest absolute Gasteiger partial charge is 0.355 e. The average Bonchev–Trinajstić information content (AvgIpc) is 2.53. The molecule has 0 bridgehead atoms. The van der Waals surface area contributed by atoms with Gasteiger partial charge in [0.25, 0.3) is 5.91 Å². The molecule has 1 amide bonds. The number of carbonyl (C=O) groups excluding carboxylic acids is 2. The summed E-state index contributed by atoms with van der Waals surface area (Å²) in [6.07, 6.45) is 0. The van der Waals surface area contributed by atoms with Gasteiger partial charge in [0.05, 0.1) is 12.2 Å². The van der Waals surface area contributed by atoms with Crippen molar-refractivity contribution in [2.75, 3.05) is 6.61 Å². The predicted molar refractivity (Wildman–Crippen MR) is 68.8 cm³/mol.